The second-order valence-corrected chi connectivity index (χ2v) is 8.06. The van der Waals surface area contributed by atoms with Crippen LogP contribution in [0.2, 0.25) is 0 Å². The highest BCUT2D eigenvalue weighted by atomic mass is 32.2. The van der Waals surface area contributed by atoms with Crippen molar-refractivity contribution in [3.8, 4) is 0 Å². The van der Waals surface area contributed by atoms with E-state index in [0.29, 0.717) is 0 Å². The molecule has 2 saturated heterocycles. The number of amides is 2. The van der Waals surface area contributed by atoms with Gasteiger partial charge >= 0.3 is 6.03 Å². The number of carbonyl (C=O) groups excluding carboxylic acids is 1. The number of para-hydroxylation sites is 2. The summed E-state index contributed by atoms with van der Waals surface area (Å²) in [6.07, 6.45) is 0. The molecular weight excluding hydrogens is 312 g/mol. The van der Waals surface area contributed by atoms with Crippen molar-refractivity contribution in [2.45, 2.75) is 12.1 Å². The Labute approximate surface area is 135 Å². The van der Waals surface area contributed by atoms with Gasteiger partial charge in [0.2, 0.25) is 0 Å². The van der Waals surface area contributed by atoms with E-state index in [2.05, 4.69) is 0 Å². The number of fused-ring (bicyclic) bond motifs is 1. The van der Waals surface area contributed by atoms with Crippen molar-refractivity contribution >= 4 is 27.2 Å². The van der Waals surface area contributed by atoms with E-state index in [1.165, 1.54) is 0 Å². The molecule has 0 bridgehead atoms. The predicted molar refractivity (Wildman–Crippen MR) is 89.5 cm³/mol. The summed E-state index contributed by atoms with van der Waals surface area (Å²) in [6.45, 7) is 0. The molecule has 0 unspecified atom stereocenters. The van der Waals surface area contributed by atoms with Crippen LogP contribution in [0.4, 0.5) is 16.2 Å². The summed E-state index contributed by atoms with van der Waals surface area (Å²) in [5.41, 5.74) is 1.48. The fourth-order valence-electron chi connectivity index (χ4n) is 3.48. The number of hydrogen-bond acceptors (Lipinski definition) is 3. The van der Waals surface area contributed by atoms with Gasteiger partial charge in [0.25, 0.3) is 0 Å². The molecule has 0 aromatic heterocycles. The molecule has 0 aliphatic carbocycles. The van der Waals surface area contributed by atoms with Crippen molar-refractivity contribution in [2.75, 3.05) is 21.3 Å². The van der Waals surface area contributed by atoms with Crippen molar-refractivity contribution in [3.63, 3.8) is 0 Å². The zero-order valence-electron chi connectivity index (χ0n) is 12.4. The Bertz CT molecular complexity index is 773. The summed E-state index contributed by atoms with van der Waals surface area (Å²) in [6, 6.07) is 17.7. The predicted octanol–water partition coefficient (Wildman–Crippen LogP) is 2.30. The van der Waals surface area contributed by atoms with E-state index in [1.807, 2.05) is 60.7 Å². The summed E-state index contributed by atoms with van der Waals surface area (Å²) in [4.78, 5) is 16.2. The monoisotopic (exact) mass is 328 g/mol. The lowest BCUT2D eigenvalue weighted by Gasteiger charge is -2.22. The van der Waals surface area contributed by atoms with Gasteiger partial charge in [-0.05, 0) is 24.3 Å². The Morgan fingerprint density at radius 3 is 1.52 bits per heavy atom. The minimum Gasteiger partial charge on any atom is -0.288 e. The molecule has 5 nitrogen and oxygen atoms in total. The van der Waals surface area contributed by atoms with Gasteiger partial charge in [0.1, 0.15) is 0 Å². The van der Waals surface area contributed by atoms with Gasteiger partial charge in [0.05, 0.1) is 23.6 Å². The van der Waals surface area contributed by atoms with Gasteiger partial charge in [-0.2, -0.15) is 0 Å². The highest BCUT2D eigenvalue weighted by molar-refractivity contribution is 7.91. The molecule has 2 amide bonds. The highest BCUT2D eigenvalue weighted by Crippen LogP contribution is 2.37. The van der Waals surface area contributed by atoms with Gasteiger partial charge in [-0.1, -0.05) is 36.4 Å². The summed E-state index contributed by atoms with van der Waals surface area (Å²) in [5.74, 6) is 0.0310. The van der Waals surface area contributed by atoms with Crippen molar-refractivity contribution in [2.24, 2.45) is 0 Å². The van der Waals surface area contributed by atoms with Crippen molar-refractivity contribution in [3.05, 3.63) is 60.7 Å². The van der Waals surface area contributed by atoms with Crippen LogP contribution in [0.15, 0.2) is 60.7 Å². The van der Waals surface area contributed by atoms with Gasteiger partial charge in [-0.3, -0.25) is 9.80 Å². The normalized spacial score (nSPS) is 25.7. The van der Waals surface area contributed by atoms with Crippen LogP contribution in [0.1, 0.15) is 0 Å². The average molecular weight is 328 g/mol. The molecule has 6 heteroatoms. The maximum absolute atomic E-state index is 13.0. The maximum Gasteiger partial charge on any atom is 0.329 e. The quantitative estimate of drug-likeness (QED) is 0.795. The van der Waals surface area contributed by atoms with Gasteiger partial charge in [0.15, 0.2) is 9.84 Å². The fourth-order valence-corrected chi connectivity index (χ4v) is 5.40. The Hall–Kier alpha value is -2.34. The minimum atomic E-state index is -3.15. The van der Waals surface area contributed by atoms with Gasteiger partial charge in [-0.15, -0.1) is 0 Å². The lowest BCUT2D eigenvalue weighted by molar-refractivity contribution is 0.255. The van der Waals surface area contributed by atoms with Crippen molar-refractivity contribution in [1.82, 2.24) is 0 Å². The van der Waals surface area contributed by atoms with E-state index in [9.17, 15) is 13.2 Å². The lowest BCUT2D eigenvalue weighted by Crippen LogP contribution is -2.37. The number of carbonyl (C=O) groups is 1. The van der Waals surface area contributed by atoms with Crippen molar-refractivity contribution < 1.29 is 13.2 Å². The number of urea groups is 1. The van der Waals surface area contributed by atoms with Gasteiger partial charge < -0.3 is 0 Å². The van der Waals surface area contributed by atoms with E-state index >= 15 is 0 Å². The lowest BCUT2D eigenvalue weighted by atomic mass is 10.1. The number of nitrogens with zero attached hydrogens (tertiary/aromatic N) is 2. The topological polar surface area (TPSA) is 57.7 Å². The molecule has 4 rings (SSSR count). The second-order valence-electron chi connectivity index (χ2n) is 5.91. The summed E-state index contributed by atoms with van der Waals surface area (Å²) in [7, 11) is -3.15. The largest absolute Gasteiger partial charge is 0.329 e. The fraction of sp³-hybridized carbons (Fsp3) is 0.235. The van der Waals surface area contributed by atoms with Crippen LogP contribution in [0, 0.1) is 0 Å². The van der Waals surface area contributed by atoms with Crippen LogP contribution < -0.4 is 9.80 Å². The molecule has 118 valence electrons. The third-order valence-electron chi connectivity index (χ3n) is 4.44. The SMILES string of the molecule is O=C1N(c2ccccc2)[C@H]2CS(=O)(=O)C[C@@H]2N1c1ccccc1. The van der Waals surface area contributed by atoms with Crippen LogP contribution in [-0.2, 0) is 9.84 Å². The first-order valence-corrected chi connectivity index (χ1v) is 9.32. The van der Waals surface area contributed by atoms with Crippen molar-refractivity contribution in [1.29, 1.82) is 0 Å². The van der Waals surface area contributed by atoms with E-state index in [0.717, 1.165) is 11.4 Å². The maximum atomic E-state index is 13.0. The summed E-state index contributed by atoms with van der Waals surface area (Å²) >= 11 is 0. The molecule has 2 aromatic carbocycles. The Morgan fingerprint density at radius 2 is 1.13 bits per heavy atom. The number of anilines is 2. The molecular formula is C17H16N2O3S. The molecule has 0 N–H and O–H groups in total. The number of benzene rings is 2. The Morgan fingerprint density at radius 1 is 0.739 bits per heavy atom. The molecule has 23 heavy (non-hydrogen) atoms. The molecule has 2 aliphatic heterocycles. The van der Waals surface area contributed by atoms with E-state index in [-0.39, 0.29) is 29.6 Å². The average Bonchev–Trinajstić information content (AvgIpc) is 2.97. The van der Waals surface area contributed by atoms with Gasteiger partial charge in [0, 0.05) is 11.4 Å². The first-order chi connectivity index (χ1) is 11.1. The summed E-state index contributed by atoms with van der Waals surface area (Å²) in [5, 5.41) is 0. The zero-order valence-corrected chi connectivity index (χ0v) is 13.2. The van der Waals surface area contributed by atoms with E-state index in [1.54, 1.807) is 9.80 Å². The van der Waals surface area contributed by atoms with Crippen LogP contribution in [0.3, 0.4) is 0 Å². The molecule has 2 heterocycles. The molecule has 0 saturated carbocycles. The first-order valence-electron chi connectivity index (χ1n) is 7.50. The highest BCUT2D eigenvalue weighted by Gasteiger charge is 2.54. The summed E-state index contributed by atoms with van der Waals surface area (Å²) < 4.78 is 24.3. The number of hydrogen-bond donors (Lipinski definition) is 0. The molecule has 2 fully saturated rings. The van der Waals surface area contributed by atoms with E-state index < -0.39 is 9.84 Å². The molecule has 2 aliphatic rings. The van der Waals surface area contributed by atoms with Crippen LogP contribution >= 0.6 is 0 Å². The number of rotatable bonds is 2. The number of sulfone groups is 1. The Kier molecular flexibility index (Phi) is 3.16. The Balaban J connectivity index is 1.82. The molecule has 0 radical (unpaired) electrons. The van der Waals surface area contributed by atoms with Crippen LogP contribution in [-0.4, -0.2) is 38.0 Å². The van der Waals surface area contributed by atoms with E-state index in [4.69, 9.17) is 0 Å². The standard InChI is InChI=1S/C17H16N2O3S/c20-17-18(13-7-3-1-4-8-13)15-11-23(21,22)12-16(15)19(17)14-9-5-2-6-10-14/h1-10,15-16H,11-12H2/t15-,16-/m0/s1. The minimum absolute atomic E-state index is 0.0155. The molecule has 0 spiro atoms. The smallest absolute Gasteiger partial charge is 0.288 e. The second kappa shape index (κ2) is 5.09. The molecule has 2 atom stereocenters. The molecule has 2 aromatic rings. The third kappa shape index (κ3) is 2.30. The van der Waals surface area contributed by atoms with Crippen LogP contribution in [0.25, 0.3) is 0 Å². The first kappa shape index (κ1) is 14.3. The zero-order chi connectivity index (χ0) is 16.0. The third-order valence-corrected chi connectivity index (χ3v) is 6.14. The van der Waals surface area contributed by atoms with Gasteiger partial charge in [-0.25, -0.2) is 13.2 Å². The van der Waals surface area contributed by atoms with Crippen LogP contribution in [0.5, 0.6) is 0 Å².